The van der Waals surface area contributed by atoms with E-state index in [1.807, 2.05) is 0 Å². The Kier molecular flexibility index (Phi) is 5.14. The van der Waals surface area contributed by atoms with Gasteiger partial charge in [0.1, 0.15) is 6.04 Å². The van der Waals surface area contributed by atoms with Crippen LogP contribution in [0.25, 0.3) is 0 Å². The summed E-state index contributed by atoms with van der Waals surface area (Å²) in [4.78, 5) is 31.8. The van der Waals surface area contributed by atoms with Crippen LogP contribution >= 0.6 is 0 Å². The third kappa shape index (κ3) is 4.09. The van der Waals surface area contributed by atoms with E-state index < -0.39 is 27.5 Å². The predicted molar refractivity (Wildman–Crippen MR) is 72.6 cm³/mol. The predicted octanol–water partition coefficient (Wildman–Crippen LogP) is 1.17. The topological polar surface area (TPSA) is 136 Å². The van der Waals surface area contributed by atoms with Crippen molar-refractivity contribution < 1.29 is 19.7 Å². The molecule has 21 heavy (non-hydrogen) atoms. The van der Waals surface area contributed by atoms with Crippen LogP contribution in [0.15, 0.2) is 23.9 Å². The lowest BCUT2D eigenvalue weighted by molar-refractivity contribution is -0.563. The molecule has 0 saturated carbocycles. The van der Waals surface area contributed by atoms with Crippen LogP contribution in [0.1, 0.15) is 26.7 Å². The Bertz CT molecular complexity index is 513. The number of nitrogens with zero attached hydrogens (tertiary/aromatic N) is 2. The second-order valence-electron chi connectivity index (χ2n) is 5.27. The van der Waals surface area contributed by atoms with Gasteiger partial charge in [0.25, 0.3) is 11.4 Å². The van der Waals surface area contributed by atoms with Crippen LogP contribution < -0.4 is 5.32 Å². The molecule has 2 atom stereocenters. The van der Waals surface area contributed by atoms with E-state index in [1.165, 1.54) is 0 Å². The number of carbonyl (C=O) groups is 1. The number of carboxylic acid groups (broad SMARTS) is 1. The Hall–Kier alpha value is -2.29. The molecule has 1 aliphatic carbocycles. The highest BCUT2D eigenvalue weighted by Crippen LogP contribution is 2.24. The van der Waals surface area contributed by atoms with Crippen LogP contribution in [0, 0.1) is 26.1 Å². The molecule has 9 heteroatoms. The fourth-order valence-electron chi connectivity index (χ4n) is 2.04. The molecule has 0 heterocycles. The fraction of sp³-hybridized carbons (Fsp3) is 0.583. The average Bonchev–Trinajstić information content (AvgIpc) is 2.37. The summed E-state index contributed by atoms with van der Waals surface area (Å²) in [7, 11) is 0. The van der Waals surface area contributed by atoms with Crippen LogP contribution in [-0.4, -0.2) is 32.6 Å². The summed E-state index contributed by atoms with van der Waals surface area (Å²) in [5, 5.41) is 33.6. The number of nitro groups is 2. The van der Waals surface area contributed by atoms with Crippen molar-refractivity contribution in [2.45, 2.75) is 38.4 Å². The molecule has 2 N–H and O–H groups in total. The van der Waals surface area contributed by atoms with Gasteiger partial charge in [-0.15, -0.1) is 0 Å². The molecule has 1 rings (SSSR count). The zero-order valence-electron chi connectivity index (χ0n) is 11.7. The maximum absolute atomic E-state index is 11.3. The van der Waals surface area contributed by atoms with Gasteiger partial charge in [-0.1, -0.05) is 13.8 Å². The monoisotopic (exact) mass is 299 g/mol. The smallest absolute Gasteiger partial charge is 0.320 e. The number of hydrogen-bond acceptors (Lipinski definition) is 6. The zero-order chi connectivity index (χ0) is 16.2. The van der Waals surface area contributed by atoms with Crippen LogP contribution in [0.5, 0.6) is 0 Å². The third-order valence-electron chi connectivity index (χ3n) is 3.12. The number of aliphatic carboxylic acids is 1. The highest BCUT2D eigenvalue weighted by molar-refractivity contribution is 5.73. The molecule has 0 aromatic heterocycles. The molecule has 0 saturated heterocycles. The second-order valence-corrected chi connectivity index (χ2v) is 5.27. The van der Waals surface area contributed by atoms with E-state index in [0.717, 1.165) is 18.2 Å². The maximum atomic E-state index is 11.3. The van der Waals surface area contributed by atoms with Gasteiger partial charge in [0.2, 0.25) is 0 Å². The first kappa shape index (κ1) is 16.8. The molecule has 9 nitrogen and oxygen atoms in total. The summed E-state index contributed by atoms with van der Waals surface area (Å²) in [6.45, 7) is 3.61. The van der Waals surface area contributed by atoms with E-state index in [0.29, 0.717) is 0 Å². The Labute approximate surface area is 120 Å². The lowest BCUT2D eigenvalue weighted by Gasteiger charge is -2.27. The van der Waals surface area contributed by atoms with E-state index in [2.05, 4.69) is 5.32 Å². The van der Waals surface area contributed by atoms with Crippen LogP contribution in [0.3, 0.4) is 0 Å². The van der Waals surface area contributed by atoms with Gasteiger partial charge in [-0.2, -0.15) is 0 Å². The fourth-order valence-corrected chi connectivity index (χ4v) is 2.04. The van der Waals surface area contributed by atoms with Crippen LogP contribution in [-0.2, 0) is 4.79 Å². The Morgan fingerprint density at radius 2 is 2.10 bits per heavy atom. The minimum atomic E-state index is -1.84. The van der Waals surface area contributed by atoms with Crippen molar-refractivity contribution in [2.75, 3.05) is 0 Å². The molecule has 0 spiro atoms. The van der Waals surface area contributed by atoms with Gasteiger partial charge >= 0.3 is 5.97 Å². The minimum absolute atomic E-state index is 0.0276. The average molecular weight is 299 g/mol. The van der Waals surface area contributed by atoms with Crippen molar-refractivity contribution in [1.82, 2.24) is 5.32 Å². The molecule has 1 aliphatic rings. The van der Waals surface area contributed by atoms with Crippen molar-refractivity contribution in [3.8, 4) is 0 Å². The van der Waals surface area contributed by atoms with E-state index >= 15 is 0 Å². The van der Waals surface area contributed by atoms with Gasteiger partial charge < -0.3 is 5.11 Å². The zero-order valence-corrected chi connectivity index (χ0v) is 11.7. The lowest BCUT2D eigenvalue weighted by atomic mass is 9.96. The number of allylic oxidation sites excluding steroid dienone is 1. The number of hydrogen-bond donors (Lipinski definition) is 2. The highest BCUT2D eigenvalue weighted by Gasteiger charge is 2.45. The van der Waals surface area contributed by atoms with Crippen molar-refractivity contribution in [3.05, 3.63) is 44.2 Å². The normalized spacial score (nSPS) is 22.7. The SMILES string of the molecule is CC(C)CC(NC1([N+](=O)[O-])C=CC([N+](=O)[O-])=CC1)C(=O)O. The summed E-state index contributed by atoms with van der Waals surface area (Å²) in [5.74, 6) is -1.16. The van der Waals surface area contributed by atoms with Gasteiger partial charge in [0, 0.05) is 23.2 Å². The first-order chi connectivity index (χ1) is 9.68. The molecule has 0 aromatic rings. The van der Waals surface area contributed by atoms with Gasteiger partial charge in [-0.3, -0.25) is 25.0 Å². The van der Waals surface area contributed by atoms with Gasteiger partial charge in [0.15, 0.2) is 0 Å². The van der Waals surface area contributed by atoms with E-state index in [-0.39, 0.29) is 24.5 Å². The van der Waals surface area contributed by atoms with Crippen molar-refractivity contribution in [3.63, 3.8) is 0 Å². The van der Waals surface area contributed by atoms with Crippen LogP contribution in [0.2, 0.25) is 0 Å². The summed E-state index contributed by atoms with van der Waals surface area (Å²) < 4.78 is 0. The quantitative estimate of drug-likeness (QED) is 0.409. The summed E-state index contributed by atoms with van der Waals surface area (Å²) in [5.41, 5.74) is -2.08. The molecule has 116 valence electrons. The summed E-state index contributed by atoms with van der Waals surface area (Å²) >= 11 is 0. The molecule has 0 bridgehead atoms. The highest BCUT2D eigenvalue weighted by atomic mass is 16.6. The second kappa shape index (κ2) is 6.44. The van der Waals surface area contributed by atoms with E-state index in [4.69, 9.17) is 5.11 Å². The molecule has 0 amide bonds. The van der Waals surface area contributed by atoms with Gasteiger partial charge in [-0.05, 0) is 12.3 Å². The Balaban J connectivity index is 2.99. The molecule has 0 aromatic carbocycles. The number of rotatable bonds is 7. The number of carboxylic acids is 1. The molecule has 0 fully saturated rings. The first-order valence-electron chi connectivity index (χ1n) is 6.36. The molecule has 2 unspecified atom stereocenters. The standard InChI is InChI=1S/C12H17N3O6/c1-8(2)7-10(11(16)17)13-12(15(20)21)5-3-9(4-6-12)14(18)19/h3-5,8,10,13H,6-7H2,1-2H3,(H,16,17). The van der Waals surface area contributed by atoms with E-state index in [9.17, 15) is 25.0 Å². The number of nitrogens with one attached hydrogen (secondary N) is 1. The summed E-state index contributed by atoms with van der Waals surface area (Å²) in [6, 6.07) is -1.11. The molecular formula is C12H17N3O6. The summed E-state index contributed by atoms with van der Waals surface area (Å²) in [6.07, 6.45) is 3.11. The van der Waals surface area contributed by atoms with Crippen molar-refractivity contribution in [1.29, 1.82) is 0 Å². The van der Waals surface area contributed by atoms with Gasteiger partial charge in [0.05, 0.1) is 11.3 Å². The largest absolute Gasteiger partial charge is 0.480 e. The lowest BCUT2D eigenvalue weighted by Crippen LogP contribution is -2.57. The van der Waals surface area contributed by atoms with Crippen LogP contribution in [0.4, 0.5) is 0 Å². The minimum Gasteiger partial charge on any atom is -0.480 e. The van der Waals surface area contributed by atoms with Gasteiger partial charge in [-0.25, -0.2) is 5.32 Å². The van der Waals surface area contributed by atoms with Crippen molar-refractivity contribution >= 4 is 5.97 Å². The third-order valence-corrected chi connectivity index (χ3v) is 3.12. The molecule has 0 aliphatic heterocycles. The Morgan fingerprint density at radius 1 is 1.48 bits per heavy atom. The Morgan fingerprint density at radius 3 is 2.43 bits per heavy atom. The maximum Gasteiger partial charge on any atom is 0.320 e. The molecule has 0 radical (unpaired) electrons. The first-order valence-corrected chi connectivity index (χ1v) is 6.36. The van der Waals surface area contributed by atoms with Crippen molar-refractivity contribution in [2.24, 2.45) is 5.92 Å². The molecular weight excluding hydrogens is 282 g/mol. The van der Waals surface area contributed by atoms with E-state index in [1.54, 1.807) is 13.8 Å².